The van der Waals surface area contributed by atoms with Crippen LogP contribution in [0.1, 0.15) is 15.9 Å². The fourth-order valence-electron chi connectivity index (χ4n) is 3.98. The maximum absolute atomic E-state index is 13.7. The number of nitrogens with zero attached hydrogens (tertiary/aromatic N) is 3. The Morgan fingerprint density at radius 2 is 1.79 bits per heavy atom. The highest BCUT2D eigenvalue weighted by Gasteiger charge is 2.41. The van der Waals surface area contributed by atoms with Crippen LogP contribution in [0, 0.1) is 11.8 Å². The van der Waals surface area contributed by atoms with Gasteiger partial charge in [-0.1, -0.05) is 30.0 Å². The van der Waals surface area contributed by atoms with Gasteiger partial charge in [0, 0.05) is 31.7 Å². The van der Waals surface area contributed by atoms with E-state index in [9.17, 15) is 23.1 Å². The number of para-hydroxylation sites is 1. The van der Waals surface area contributed by atoms with Crippen LogP contribution in [0.15, 0.2) is 78.0 Å². The molecule has 196 valence electrons. The number of amides is 1. The molecule has 4 rings (SSSR count). The molecule has 0 bridgehead atoms. The van der Waals surface area contributed by atoms with E-state index in [1.54, 1.807) is 36.4 Å². The van der Waals surface area contributed by atoms with Crippen molar-refractivity contribution in [2.45, 2.75) is 17.5 Å². The Balaban J connectivity index is 1.66. The van der Waals surface area contributed by atoms with Crippen LogP contribution in [-0.2, 0) is 26.1 Å². The topological polar surface area (TPSA) is 126 Å². The summed E-state index contributed by atoms with van der Waals surface area (Å²) < 4.78 is 38.7. The summed E-state index contributed by atoms with van der Waals surface area (Å²) in [7, 11) is -2.75. The highest BCUT2D eigenvalue weighted by atomic mass is 32.2. The average Bonchev–Trinajstić information content (AvgIpc) is 3.11. The zero-order valence-electron chi connectivity index (χ0n) is 20.5. The van der Waals surface area contributed by atoms with Gasteiger partial charge in [0.1, 0.15) is 25.0 Å². The van der Waals surface area contributed by atoms with E-state index in [0.717, 1.165) is 4.31 Å². The summed E-state index contributed by atoms with van der Waals surface area (Å²) in [5.74, 6) is 4.06. The predicted molar refractivity (Wildman–Crippen MR) is 138 cm³/mol. The van der Waals surface area contributed by atoms with Crippen molar-refractivity contribution < 1.29 is 32.6 Å². The van der Waals surface area contributed by atoms with Crippen LogP contribution in [0.3, 0.4) is 0 Å². The van der Waals surface area contributed by atoms with E-state index < -0.39 is 27.9 Å². The number of anilines is 1. The van der Waals surface area contributed by atoms with Gasteiger partial charge in [-0.25, -0.2) is 8.42 Å². The van der Waals surface area contributed by atoms with Crippen LogP contribution < -0.4 is 9.64 Å². The van der Waals surface area contributed by atoms with Gasteiger partial charge in [-0.15, -0.1) is 0 Å². The molecule has 2 aromatic carbocycles. The lowest BCUT2D eigenvalue weighted by Crippen LogP contribution is -2.50. The van der Waals surface area contributed by atoms with E-state index in [2.05, 4.69) is 16.8 Å². The predicted octanol–water partition coefficient (Wildman–Crippen LogP) is 2.41. The highest BCUT2D eigenvalue weighted by molar-refractivity contribution is 7.89. The summed E-state index contributed by atoms with van der Waals surface area (Å²) >= 11 is 0. The summed E-state index contributed by atoms with van der Waals surface area (Å²) in [5, 5.41) is 10.1. The van der Waals surface area contributed by atoms with Crippen molar-refractivity contribution in [3.05, 3.63) is 84.2 Å². The first-order valence-corrected chi connectivity index (χ1v) is 13.0. The molecule has 10 nitrogen and oxygen atoms in total. The minimum Gasteiger partial charge on any atom is -0.481 e. The van der Waals surface area contributed by atoms with Crippen molar-refractivity contribution in [3.63, 3.8) is 0 Å². The van der Waals surface area contributed by atoms with Gasteiger partial charge in [0.2, 0.25) is 10.0 Å². The van der Waals surface area contributed by atoms with Gasteiger partial charge in [0.05, 0.1) is 17.0 Å². The molecular formula is C27H25N3O7S. The van der Waals surface area contributed by atoms with Crippen molar-refractivity contribution in [2.24, 2.45) is 0 Å². The van der Waals surface area contributed by atoms with E-state index in [1.165, 1.54) is 48.7 Å². The Labute approximate surface area is 220 Å². The van der Waals surface area contributed by atoms with Crippen LogP contribution in [0.2, 0.25) is 0 Å². The minimum atomic E-state index is -4.28. The third-order valence-corrected chi connectivity index (χ3v) is 7.70. The molecule has 2 heterocycles. The normalized spacial score (nSPS) is 15.5. The SMILES string of the molecule is COCC#CCOc1ccc(S(=O)(=O)N2Cc3ccccc3N(C(=O)c3cccnc3)CC2C(=O)O)cc1. The molecule has 11 heteroatoms. The van der Waals surface area contributed by atoms with E-state index in [0.29, 0.717) is 17.0 Å². The largest absolute Gasteiger partial charge is 0.481 e. The number of sulfonamides is 1. The Morgan fingerprint density at radius 1 is 1.05 bits per heavy atom. The van der Waals surface area contributed by atoms with Crippen LogP contribution in [0.5, 0.6) is 5.75 Å². The first-order chi connectivity index (χ1) is 18.3. The molecule has 1 aliphatic rings. The number of aliphatic carboxylic acids is 1. The molecule has 0 fully saturated rings. The Kier molecular flexibility index (Phi) is 8.38. The van der Waals surface area contributed by atoms with Crippen molar-refractivity contribution in [2.75, 3.05) is 31.8 Å². The van der Waals surface area contributed by atoms with Crippen molar-refractivity contribution in [1.29, 1.82) is 0 Å². The molecule has 1 N–H and O–H groups in total. The van der Waals surface area contributed by atoms with Gasteiger partial charge in [-0.3, -0.25) is 14.6 Å². The number of aromatic nitrogens is 1. The highest BCUT2D eigenvalue weighted by Crippen LogP contribution is 2.32. The summed E-state index contributed by atoms with van der Waals surface area (Å²) in [6.45, 7) is -0.254. The zero-order chi connectivity index (χ0) is 27.1. The van der Waals surface area contributed by atoms with Gasteiger partial charge in [0.15, 0.2) is 0 Å². The van der Waals surface area contributed by atoms with Crippen LogP contribution in [0.4, 0.5) is 5.69 Å². The van der Waals surface area contributed by atoms with Crippen molar-refractivity contribution >= 4 is 27.6 Å². The molecule has 3 aromatic rings. The number of hydrogen-bond acceptors (Lipinski definition) is 7. The second-order valence-electron chi connectivity index (χ2n) is 8.24. The van der Waals surface area contributed by atoms with Gasteiger partial charge in [-0.2, -0.15) is 4.31 Å². The standard InChI is InChI=1S/C27H25N3O7S/c1-36-15-4-5-16-37-22-10-12-23(13-11-22)38(34,35)30-18-21-7-2-3-9-24(21)29(19-25(30)27(32)33)26(31)20-8-6-14-28-17-20/h2-3,6-14,17,25H,15-16,18-19H2,1H3,(H,32,33). The first-order valence-electron chi connectivity index (χ1n) is 11.5. The molecule has 1 aromatic heterocycles. The second kappa shape index (κ2) is 11.9. The first kappa shape index (κ1) is 26.8. The average molecular weight is 536 g/mol. The van der Waals surface area contributed by atoms with Crippen LogP contribution in [-0.4, -0.2) is 67.6 Å². The number of methoxy groups -OCH3 is 1. The molecule has 1 atom stereocenters. The van der Waals surface area contributed by atoms with E-state index in [4.69, 9.17) is 9.47 Å². The number of pyridine rings is 1. The number of rotatable bonds is 7. The van der Waals surface area contributed by atoms with Gasteiger partial charge in [0.25, 0.3) is 5.91 Å². The number of hydrogen-bond donors (Lipinski definition) is 1. The van der Waals surface area contributed by atoms with Crippen molar-refractivity contribution in [3.8, 4) is 17.6 Å². The Bertz CT molecular complexity index is 1470. The summed E-state index contributed by atoms with van der Waals surface area (Å²) in [6.07, 6.45) is 2.90. The molecule has 0 saturated heterocycles. The number of carboxylic acid groups (broad SMARTS) is 1. The minimum absolute atomic E-state index is 0.0975. The third kappa shape index (κ3) is 5.84. The molecule has 0 saturated carbocycles. The Hall–Kier alpha value is -4.24. The molecule has 1 unspecified atom stereocenters. The number of carbonyl (C=O) groups excluding carboxylic acids is 1. The molecular weight excluding hydrogens is 510 g/mol. The van der Waals surface area contributed by atoms with Gasteiger partial charge < -0.3 is 19.5 Å². The van der Waals surface area contributed by atoms with Gasteiger partial charge in [-0.05, 0) is 48.0 Å². The molecule has 38 heavy (non-hydrogen) atoms. The Morgan fingerprint density at radius 3 is 2.47 bits per heavy atom. The summed E-state index contributed by atoms with van der Waals surface area (Å²) in [5.41, 5.74) is 1.18. The van der Waals surface area contributed by atoms with Crippen LogP contribution in [0.25, 0.3) is 0 Å². The molecule has 0 spiro atoms. The smallest absolute Gasteiger partial charge is 0.323 e. The lowest BCUT2D eigenvalue weighted by Gasteiger charge is -2.28. The van der Waals surface area contributed by atoms with E-state index >= 15 is 0 Å². The third-order valence-electron chi connectivity index (χ3n) is 5.83. The number of fused-ring (bicyclic) bond motifs is 1. The molecule has 0 radical (unpaired) electrons. The number of carboxylic acids is 1. The fourth-order valence-corrected chi connectivity index (χ4v) is 5.53. The maximum Gasteiger partial charge on any atom is 0.323 e. The van der Waals surface area contributed by atoms with Crippen LogP contribution >= 0.6 is 0 Å². The zero-order valence-corrected chi connectivity index (χ0v) is 21.3. The number of ether oxygens (including phenoxy) is 2. The second-order valence-corrected chi connectivity index (χ2v) is 10.1. The summed E-state index contributed by atoms with van der Waals surface area (Å²) in [6, 6.07) is 14.0. The maximum atomic E-state index is 13.7. The molecule has 0 aliphatic carbocycles. The molecule has 1 amide bonds. The van der Waals surface area contributed by atoms with Crippen molar-refractivity contribution in [1.82, 2.24) is 9.29 Å². The lowest BCUT2D eigenvalue weighted by molar-refractivity contribution is -0.141. The lowest BCUT2D eigenvalue weighted by atomic mass is 10.1. The molecule has 1 aliphatic heterocycles. The number of carbonyl (C=O) groups is 2. The monoisotopic (exact) mass is 535 g/mol. The quantitative estimate of drug-likeness (QED) is 0.457. The van der Waals surface area contributed by atoms with Gasteiger partial charge >= 0.3 is 5.97 Å². The summed E-state index contributed by atoms with van der Waals surface area (Å²) in [4.78, 5) is 30.9. The van der Waals surface area contributed by atoms with E-state index in [-0.39, 0.29) is 36.8 Å². The fraction of sp³-hybridized carbons (Fsp3) is 0.222. The van der Waals surface area contributed by atoms with E-state index in [1.807, 2.05) is 0 Å². The number of benzene rings is 2.